The Morgan fingerprint density at radius 3 is 2.62 bits per heavy atom. The maximum atomic E-state index is 11.6. The Morgan fingerprint density at radius 1 is 1.10 bits per heavy atom. The summed E-state index contributed by atoms with van der Waals surface area (Å²) in [4.78, 5) is 15.8. The molecule has 21 heavy (non-hydrogen) atoms. The summed E-state index contributed by atoms with van der Waals surface area (Å²) >= 11 is 0. The number of nitrogens with zero attached hydrogens (tertiary/aromatic N) is 1. The number of hydrogen-bond donors (Lipinski definition) is 1. The van der Waals surface area contributed by atoms with Crippen molar-refractivity contribution in [1.82, 2.24) is 4.98 Å². The molecule has 3 nitrogen and oxygen atoms in total. The lowest BCUT2D eigenvalue weighted by Crippen LogP contribution is -2.05. The second-order valence-corrected chi connectivity index (χ2v) is 5.31. The van der Waals surface area contributed by atoms with Gasteiger partial charge in [-0.05, 0) is 60.6 Å². The zero-order valence-corrected chi connectivity index (χ0v) is 11.7. The summed E-state index contributed by atoms with van der Waals surface area (Å²) in [6.07, 6.45) is 7.84. The van der Waals surface area contributed by atoms with Gasteiger partial charge in [-0.3, -0.25) is 4.98 Å². The predicted octanol–water partition coefficient (Wildman–Crippen LogP) is 3.59. The van der Waals surface area contributed by atoms with Crippen LogP contribution in [-0.2, 0) is 17.6 Å². The van der Waals surface area contributed by atoms with Crippen LogP contribution in [0.25, 0.3) is 11.6 Å². The zero-order chi connectivity index (χ0) is 14.7. The van der Waals surface area contributed by atoms with Crippen molar-refractivity contribution in [2.75, 3.05) is 0 Å². The molecule has 0 atom stereocenters. The number of hydrogen-bond acceptors (Lipinski definition) is 2. The molecule has 1 aliphatic rings. The summed E-state index contributed by atoms with van der Waals surface area (Å²) in [5.74, 6) is -0.920. The van der Waals surface area contributed by atoms with E-state index in [-0.39, 0.29) is 0 Å². The first-order valence-corrected chi connectivity index (χ1v) is 7.22. The van der Waals surface area contributed by atoms with E-state index in [9.17, 15) is 9.90 Å². The Labute approximate surface area is 124 Å². The Hall–Kier alpha value is -2.42. The van der Waals surface area contributed by atoms with Crippen LogP contribution in [0.5, 0.6) is 0 Å². The number of carbonyl (C=O) groups is 1. The number of fused-ring (bicyclic) bond motifs is 1. The number of benzene rings is 1. The van der Waals surface area contributed by atoms with Crippen molar-refractivity contribution < 1.29 is 9.90 Å². The number of carboxylic acids is 1. The lowest BCUT2D eigenvalue weighted by Gasteiger charge is -2.16. The average molecular weight is 279 g/mol. The van der Waals surface area contributed by atoms with Crippen LogP contribution in [0.4, 0.5) is 0 Å². The molecule has 3 rings (SSSR count). The molecule has 1 N–H and O–H groups in total. The minimum Gasteiger partial charge on any atom is -0.478 e. The Bertz CT molecular complexity index is 690. The highest BCUT2D eigenvalue weighted by Crippen LogP contribution is 2.26. The van der Waals surface area contributed by atoms with E-state index in [2.05, 4.69) is 11.1 Å². The van der Waals surface area contributed by atoms with Crippen molar-refractivity contribution in [3.05, 3.63) is 65.0 Å². The van der Waals surface area contributed by atoms with Crippen molar-refractivity contribution >= 4 is 17.6 Å². The first-order chi connectivity index (χ1) is 10.2. The van der Waals surface area contributed by atoms with Crippen LogP contribution < -0.4 is 0 Å². The fraction of sp³-hybridized carbons (Fsp3) is 0.222. The van der Waals surface area contributed by atoms with Gasteiger partial charge >= 0.3 is 5.97 Å². The van der Waals surface area contributed by atoms with Crippen LogP contribution in [0.15, 0.2) is 42.6 Å². The number of carboxylic acid groups (broad SMARTS) is 1. The fourth-order valence-corrected chi connectivity index (χ4v) is 2.78. The number of aliphatic carboxylic acids is 1. The summed E-state index contributed by atoms with van der Waals surface area (Å²) in [5.41, 5.74) is 4.35. The number of pyridine rings is 1. The zero-order valence-electron chi connectivity index (χ0n) is 11.7. The highest BCUT2D eigenvalue weighted by Gasteiger charge is 2.15. The number of aryl methyl sites for hydroxylation is 2. The molecule has 0 spiro atoms. The van der Waals surface area contributed by atoms with E-state index in [4.69, 9.17) is 0 Å². The van der Waals surface area contributed by atoms with Gasteiger partial charge < -0.3 is 5.11 Å². The minimum absolute atomic E-state index is 0.294. The van der Waals surface area contributed by atoms with Crippen molar-refractivity contribution in [3.63, 3.8) is 0 Å². The number of rotatable bonds is 3. The van der Waals surface area contributed by atoms with Gasteiger partial charge in [-0.2, -0.15) is 0 Å². The van der Waals surface area contributed by atoms with E-state index in [1.165, 1.54) is 24.0 Å². The molecule has 0 bridgehead atoms. The van der Waals surface area contributed by atoms with Gasteiger partial charge in [0.25, 0.3) is 0 Å². The van der Waals surface area contributed by atoms with Gasteiger partial charge in [0.15, 0.2) is 0 Å². The summed E-state index contributed by atoms with van der Waals surface area (Å²) in [5, 5.41) is 9.50. The second kappa shape index (κ2) is 5.92. The van der Waals surface area contributed by atoms with E-state index in [1.807, 2.05) is 24.3 Å². The fourth-order valence-electron chi connectivity index (χ4n) is 2.78. The predicted molar refractivity (Wildman–Crippen MR) is 82.8 cm³/mol. The summed E-state index contributed by atoms with van der Waals surface area (Å²) in [6, 6.07) is 11.5. The Kier molecular flexibility index (Phi) is 3.82. The van der Waals surface area contributed by atoms with E-state index in [1.54, 1.807) is 18.3 Å². The standard InChI is InChI=1S/C18H17NO2/c20-18(21)17(12-16-7-3-4-10-19-16)15-9-8-13-5-1-2-6-14(13)11-15/h3-4,7-12H,1-2,5-6H2,(H,20,21)/b17-12-. The van der Waals surface area contributed by atoms with Gasteiger partial charge in [0, 0.05) is 6.20 Å². The molecule has 2 aromatic rings. The van der Waals surface area contributed by atoms with Crippen LogP contribution in [0.3, 0.4) is 0 Å². The first-order valence-electron chi connectivity index (χ1n) is 7.22. The van der Waals surface area contributed by atoms with Crippen LogP contribution in [-0.4, -0.2) is 16.1 Å². The molecule has 0 amide bonds. The molecule has 0 fully saturated rings. The minimum atomic E-state index is -0.920. The first kappa shape index (κ1) is 13.6. The lowest BCUT2D eigenvalue weighted by molar-refractivity contribution is -0.130. The highest BCUT2D eigenvalue weighted by molar-refractivity contribution is 6.20. The smallest absolute Gasteiger partial charge is 0.336 e. The normalized spacial score (nSPS) is 14.6. The molecule has 0 radical (unpaired) electrons. The third-order valence-electron chi connectivity index (χ3n) is 3.87. The molecule has 1 heterocycles. The summed E-state index contributed by atoms with van der Waals surface area (Å²) < 4.78 is 0. The van der Waals surface area contributed by atoms with Crippen LogP contribution in [0.2, 0.25) is 0 Å². The molecule has 1 aliphatic carbocycles. The average Bonchev–Trinajstić information content (AvgIpc) is 2.53. The molecular weight excluding hydrogens is 262 g/mol. The SMILES string of the molecule is O=C(O)/C(=C\c1ccccn1)c1ccc2c(c1)CCCC2. The highest BCUT2D eigenvalue weighted by atomic mass is 16.4. The van der Waals surface area contributed by atoms with Crippen molar-refractivity contribution in [1.29, 1.82) is 0 Å². The Morgan fingerprint density at radius 2 is 1.90 bits per heavy atom. The summed E-state index contributed by atoms with van der Waals surface area (Å²) in [6.45, 7) is 0. The molecule has 0 unspecified atom stereocenters. The van der Waals surface area contributed by atoms with E-state index in [0.29, 0.717) is 11.3 Å². The van der Waals surface area contributed by atoms with Crippen LogP contribution in [0.1, 0.15) is 35.2 Å². The van der Waals surface area contributed by atoms with Gasteiger partial charge in [-0.15, -0.1) is 0 Å². The molecule has 1 aromatic carbocycles. The van der Waals surface area contributed by atoms with Crippen molar-refractivity contribution in [3.8, 4) is 0 Å². The monoisotopic (exact) mass is 279 g/mol. The van der Waals surface area contributed by atoms with Crippen LogP contribution in [0, 0.1) is 0 Å². The summed E-state index contributed by atoms with van der Waals surface area (Å²) in [7, 11) is 0. The largest absolute Gasteiger partial charge is 0.478 e. The molecule has 0 saturated heterocycles. The van der Waals surface area contributed by atoms with E-state index < -0.39 is 5.97 Å². The molecule has 3 heteroatoms. The third kappa shape index (κ3) is 3.02. The van der Waals surface area contributed by atoms with Gasteiger partial charge in [0.05, 0.1) is 11.3 Å². The van der Waals surface area contributed by atoms with E-state index in [0.717, 1.165) is 18.4 Å². The van der Waals surface area contributed by atoms with Crippen LogP contribution >= 0.6 is 0 Å². The van der Waals surface area contributed by atoms with Gasteiger partial charge in [0.2, 0.25) is 0 Å². The number of aromatic nitrogens is 1. The van der Waals surface area contributed by atoms with Gasteiger partial charge in [0.1, 0.15) is 0 Å². The maximum Gasteiger partial charge on any atom is 0.336 e. The molecular formula is C18H17NO2. The van der Waals surface area contributed by atoms with Gasteiger partial charge in [-0.1, -0.05) is 24.3 Å². The topological polar surface area (TPSA) is 50.2 Å². The second-order valence-electron chi connectivity index (χ2n) is 5.31. The Balaban J connectivity index is 2.02. The molecule has 0 saturated carbocycles. The van der Waals surface area contributed by atoms with Crippen molar-refractivity contribution in [2.45, 2.75) is 25.7 Å². The third-order valence-corrected chi connectivity index (χ3v) is 3.87. The maximum absolute atomic E-state index is 11.6. The lowest BCUT2D eigenvalue weighted by atomic mass is 9.89. The molecule has 1 aromatic heterocycles. The van der Waals surface area contributed by atoms with Gasteiger partial charge in [-0.25, -0.2) is 4.79 Å². The quantitative estimate of drug-likeness (QED) is 0.874. The van der Waals surface area contributed by atoms with Crippen molar-refractivity contribution in [2.24, 2.45) is 0 Å². The molecule has 0 aliphatic heterocycles. The molecule has 106 valence electrons. The van der Waals surface area contributed by atoms with E-state index >= 15 is 0 Å².